The SMILES string of the molecule is Cc1ccnc(NC(c2ccccc2Cl)c2cc(C)sc2NC(=O)c2ccco2)c1. The fourth-order valence-electron chi connectivity index (χ4n) is 3.21. The van der Waals surface area contributed by atoms with Crippen LogP contribution in [0.1, 0.15) is 38.2 Å². The maximum absolute atomic E-state index is 12.6. The fourth-order valence-corrected chi connectivity index (χ4v) is 4.40. The van der Waals surface area contributed by atoms with Crippen LogP contribution in [0.2, 0.25) is 5.02 Å². The van der Waals surface area contributed by atoms with E-state index in [1.807, 2.05) is 50.2 Å². The molecular formula is C23H20ClN3O2S. The average Bonchev–Trinajstić information content (AvgIpc) is 3.37. The Labute approximate surface area is 183 Å². The molecule has 4 rings (SSSR count). The van der Waals surface area contributed by atoms with Gasteiger partial charge in [-0.15, -0.1) is 11.3 Å². The number of furan rings is 1. The van der Waals surface area contributed by atoms with Crippen LogP contribution >= 0.6 is 22.9 Å². The van der Waals surface area contributed by atoms with E-state index >= 15 is 0 Å². The summed E-state index contributed by atoms with van der Waals surface area (Å²) in [6, 6.07) is 16.7. The number of hydrogen-bond donors (Lipinski definition) is 2. The molecule has 0 radical (unpaired) electrons. The molecule has 3 aromatic heterocycles. The molecular weight excluding hydrogens is 418 g/mol. The molecule has 152 valence electrons. The summed E-state index contributed by atoms with van der Waals surface area (Å²) >= 11 is 8.06. The van der Waals surface area contributed by atoms with Gasteiger partial charge in [0.05, 0.1) is 12.3 Å². The highest BCUT2D eigenvalue weighted by Crippen LogP contribution is 2.39. The van der Waals surface area contributed by atoms with Crippen molar-refractivity contribution in [3.05, 3.63) is 99.4 Å². The highest BCUT2D eigenvalue weighted by molar-refractivity contribution is 7.16. The normalized spacial score (nSPS) is 11.8. The van der Waals surface area contributed by atoms with Crippen LogP contribution in [0.3, 0.4) is 0 Å². The monoisotopic (exact) mass is 437 g/mol. The minimum absolute atomic E-state index is 0.259. The highest BCUT2D eigenvalue weighted by Gasteiger charge is 2.24. The number of nitrogens with zero attached hydrogens (tertiary/aromatic N) is 1. The molecule has 3 heterocycles. The number of halogens is 1. The van der Waals surface area contributed by atoms with Gasteiger partial charge in [0, 0.05) is 21.7 Å². The Hall–Kier alpha value is -3.09. The summed E-state index contributed by atoms with van der Waals surface area (Å²) in [7, 11) is 0. The number of thiophene rings is 1. The van der Waals surface area contributed by atoms with Gasteiger partial charge in [-0.1, -0.05) is 29.8 Å². The molecule has 0 bridgehead atoms. The zero-order chi connectivity index (χ0) is 21.1. The quantitative estimate of drug-likeness (QED) is 0.363. The molecule has 0 aliphatic heterocycles. The van der Waals surface area contributed by atoms with E-state index in [4.69, 9.17) is 16.0 Å². The molecule has 0 aliphatic carbocycles. The molecule has 30 heavy (non-hydrogen) atoms. The first kappa shape index (κ1) is 20.2. The topological polar surface area (TPSA) is 67.2 Å². The van der Waals surface area contributed by atoms with Crippen molar-refractivity contribution in [2.45, 2.75) is 19.9 Å². The minimum atomic E-state index is -0.301. The van der Waals surface area contributed by atoms with E-state index in [0.29, 0.717) is 5.02 Å². The van der Waals surface area contributed by atoms with Crippen LogP contribution in [-0.2, 0) is 0 Å². The minimum Gasteiger partial charge on any atom is -0.459 e. The number of benzene rings is 1. The molecule has 2 N–H and O–H groups in total. The molecule has 0 spiro atoms. The Morgan fingerprint density at radius 2 is 1.93 bits per heavy atom. The third-order valence-electron chi connectivity index (χ3n) is 4.59. The number of carbonyl (C=O) groups is 1. The van der Waals surface area contributed by atoms with Crippen LogP contribution in [0.4, 0.5) is 10.8 Å². The van der Waals surface area contributed by atoms with E-state index in [-0.39, 0.29) is 17.7 Å². The molecule has 7 heteroatoms. The second-order valence-corrected chi connectivity index (χ2v) is 8.55. The van der Waals surface area contributed by atoms with Crippen LogP contribution in [-0.4, -0.2) is 10.9 Å². The molecule has 1 aromatic carbocycles. The molecule has 1 amide bonds. The summed E-state index contributed by atoms with van der Waals surface area (Å²) in [6.45, 7) is 4.02. The summed E-state index contributed by atoms with van der Waals surface area (Å²) in [6.07, 6.45) is 3.24. The van der Waals surface area contributed by atoms with E-state index in [2.05, 4.69) is 21.7 Å². The Morgan fingerprint density at radius 3 is 2.67 bits per heavy atom. The largest absolute Gasteiger partial charge is 0.459 e. The number of aromatic nitrogens is 1. The third-order valence-corrected chi connectivity index (χ3v) is 5.92. The maximum atomic E-state index is 12.6. The Morgan fingerprint density at radius 1 is 1.10 bits per heavy atom. The molecule has 4 aromatic rings. The smallest absolute Gasteiger partial charge is 0.291 e. The Kier molecular flexibility index (Phi) is 5.88. The van der Waals surface area contributed by atoms with Crippen molar-refractivity contribution in [1.82, 2.24) is 4.98 Å². The zero-order valence-electron chi connectivity index (χ0n) is 16.5. The number of aryl methyl sites for hydroxylation is 2. The lowest BCUT2D eigenvalue weighted by atomic mass is 9.99. The van der Waals surface area contributed by atoms with E-state index in [1.165, 1.54) is 17.6 Å². The van der Waals surface area contributed by atoms with Crippen LogP contribution in [0.25, 0.3) is 0 Å². The van der Waals surface area contributed by atoms with Gasteiger partial charge in [0.15, 0.2) is 5.76 Å². The Bertz CT molecular complexity index is 1170. The maximum Gasteiger partial charge on any atom is 0.291 e. The van der Waals surface area contributed by atoms with Gasteiger partial charge in [-0.05, 0) is 61.4 Å². The predicted molar refractivity (Wildman–Crippen MR) is 122 cm³/mol. The van der Waals surface area contributed by atoms with Crippen LogP contribution in [0, 0.1) is 13.8 Å². The van der Waals surface area contributed by atoms with Gasteiger partial charge in [-0.25, -0.2) is 4.98 Å². The fraction of sp³-hybridized carbons (Fsp3) is 0.130. The van der Waals surface area contributed by atoms with Crippen LogP contribution in [0.5, 0.6) is 0 Å². The van der Waals surface area contributed by atoms with Gasteiger partial charge in [-0.2, -0.15) is 0 Å². The summed E-state index contributed by atoms with van der Waals surface area (Å²) in [5.74, 6) is 0.691. The average molecular weight is 438 g/mol. The molecule has 0 saturated heterocycles. The summed E-state index contributed by atoms with van der Waals surface area (Å²) < 4.78 is 5.23. The second kappa shape index (κ2) is 8.73. The molecule has 1 atom stereocenters. The van der Waals surface area contributed by atoms with Crippen LogP contribution in [0.15, 0.2) is 71.5 Å². The number of rotatable bonds is 6. The third kappa shape index (κ3) is 4.40. The van der Waals surface area contributed by atoms with Crippen molar-refractivity contribution in [1.29, 1.82) is 0 Å². The lowest BCUT2D eigenvalue weighted by Crippen LogP contribution is -2.17. The van der Waals surface area contributed by atoms with Gasteiger partial charge in [0.2, 0.25) is 0 Å². The first-order valence-electron chi connectivity index (χ1n) is 9.40. The number of nitrogens with one attached hydrogen (secondary N) is 2. The number of amides is 1. The zero-order valence-corrected chi connectivity index (χ0v) is 18.1. The van der Waals surface area contributed by atoms with Crippen molar-refractivity contribution in [3.8, 4) is 0 Å². The predicted octanol–water partition coefficient (Wildman–Crippen LogP) is 6.46. The second-order valence-electron chi connectivity index (χ2n) is 6.89. The van der Waals surface area contributed by atoms with Gasteiger partial charge in [0.25, 0.3) is 5.91 Å². The van der Waals surface area contributed by atoms with E-state index in [0.717, 1.165) is 32.4 Å². The number of pyridine rings is 1. The van der Waals surface area contributed by atoms with Gasteiger partial charge < -0.3 is 15.1 Å². The molecule has 0 fully saturated rings. The molecule has 1 unspecified atom stereocenters. The first-order chi connectivity index (χ1) is 14.5. The van der Waals surface area contributed by atoms with Gasteiger partial charge in [-0.3, -0.25) is 4.79 Å². The van der Waals surface area contributed by atoms with Crippen molar-refractivity contribution in [3.63, 3.8) is 0 Å². The van der Waals surface area contributed by atoms with Crippen molar-refractivity contribution in [2.24, 2.45) is 0 Å². The van der Waals surface area contributed by atoms with Crippen molar-refractivity contribution in [2.75, 3.05) is 10.6 Å². The summed E-state index contributed by atoms with van der Waals surface area (Å²) in [5.41, 5.74) is 2.90. The lowest BCUT2D eigenvalue weighted by molar-refractivity contribution is 0.0997. The van der Waals surface area contributed by atoms with Gasteiger partial charge >= 0.3 is 0 Å². The van der Waals surface area contributed by atoms with Crippen molar-refractivity contribution >= 4 is 39.7 Å². The Balaban J connectivity index is 1.75. The number of hydrogen-bond acceptors (Lipinski definition) is 5. The van der Waals surface area contributed by atoms with E-state index in [9.17, 15) is 4.79 Å². The first-order valence-corrected chi connectivity index (χ1v) is 10.6. The van der Waals surface area contributed by atoms with E-state index < -0.39 is 0 Å². The lowest BCUT2D eigenvalue weighted by Gasteiger charge is -2.22. The number of anilines is 2. The molecule has 0 aliphatic rings. The van der Waals surface area contributed by atoms with E-state index in [1.54, 1.807) is 18.3 Å². The molecule has 5 nitrogen and oxygen atoms in total. The van der Waals surface area contributed by atoms with Gasteiger partial charge in [0.1, 0.15) is 10.8 Å². The number of carbonyl (C=O) groups excluding carboxylic acids is 1. The van der Waals surface area contributed by atoms with Crippen molar-refractivity contribution < 1.29 is 9.21 Å². The summed E-state index contributed by atoms with van der Waals surface area (Å²) in [4.78, 5) is 18.1. The standard InChI is InChI=1S/C23H20ClN3O2S/c1-14-9-10-25-20(12-14)26-21(16-6-3-4-7-18(16)24)17-13-15(2)30-23(17)27-22(28)19-8-5-11-29-19/h3-13,21H,1-2H3,(H,25,26)(H,27,28). The van der Waals surface area contributed by atoms with Crippen LogP contribution < -0.4 is 10.6 Å². The summed E-state index contributed by atoms with van der Waals surface area (Å²) in [5, 5.41) is 7.84. The molecule has 0 saturated carbocycles. The highest BCUT2D eigenvalue weighted by atomic mass is 35.5.